The van der Waals surface area contributed by atoms with Gasteiger partial charge in [0.15, 0.2) is 0 Å². The smallest absolute Gasteiger partial charge is 0.338 e. The van der Waals surface area contributed by atoms with E-state index >= 15 is 0 Å². The number of nitrogens with one attached hydrogen (secondary N) is 1. The summed E-state index contributed by atoms with van der Waals surface area (Å²) in [6, 6.07) is 7.63. The molecule has 0 atom stereocenters. The van der Waals surface area contributed by atoms with E-state index in [-0.39, 0.29) is 5.97 Å². The molecule has 4 nitrogen and oxygen atoms in total. The molecule has 1 aromatic carbocycles. The number of nitrogens with zero attached hydrogens (tertiary/aromatic N) is 1. The summed E-state index contributed by atoms with van der Waals surface area (Å²) in [5.74, 6) is -0.284. The third-order valence-corrected chi connectivity index (χ3v) is 3.54. The van der Waals surface area contributed by atoms with Gasteiger partial charge in [0.1, 0.15) is 0 Å². The van der Waals surface area contributed by atoms with Gasteiger partial charge in [-0.15, -0.1) is 0 Å². The van der Waals surface area contributed by atoms with E-state index in [0.717, 1.165) is 28.1 Å². The van der Waals surface area contributed by atoms with Gasteiger partial charge in [0, 0.05) is 21.9 Å². The van der Waals surface area contributed by atoms with Crippen LogP contribution in [0.25, 0.3) is 11.3 Å². The number of halogens is 1. The van der Waals surface area contributed by atoms with Gasteiger partial charge in [-0.1, -0.05) is 0 Å². The first-order chi connectivity index (χ1) is 9.19. The molecule has 1 aromatic heterocycles. The fraction of sp³-hybridized carbons (Fsp3) is 0.214. The van der Waals surface area contributed by atoms with Crippen LogP contribution in [0.5, 0.6) is 0 Å². The first-order valence-corrected chi connectivity index (χ1v) is 6.89. The van der Waals surface area contributed by atoms with Gasteiger partial charge in [-0.2, -0.15) is 0 Å². The summed E-state index contributed by atoms with van der Waals surface area (Å²) in [5, 5.41) is 3.32. The van der Waals surface area contributed by atoms with Crippen molar-refractivity contribution >= 4 is 27.6 Å². The van der Waals surface area contributed by atoms with Crippen molar-refractivity contribution in [3.05, 3.63) is 40.5 Å². The molecule has 1 N–H and O–H groups in total. The van der Waals surface area contributed by atoms with Crippen LogP contribution >= 0.6 is 15.9 Å². The summed E-state index contributed by atoms with van der Waals surface area (Å²) in [6.07, 6.45) is 2.02. The minimum atomic E-state index is -0.284. The topological polar surface area (TPSA) is 43.3 Å². The third kappa shape index (κ3) is 2.14. The second-order valence-corrected chi connectivity index (χ2v) is 5.24. The second kappa shape index (κ2) is 4.74. The van der Waals surface area contributed by atoms with Crippen molar-refractivity contribution in [2.45, 2.75) is 13.6 Å². The summed E-state index contributed by atoms with van der Waals surface area (Å²) < 4.78 is 8.16. The molecular formula is C14H13BrN2O2. The Labute approximate surface area is 119 Å². The van der Waals surface area contributed by atoms with Crippen molar-refractivity contribution in [3.8, 4) is 11.3 Å². The van der Waals surface area contributed by atoms with E-state index in [1.807, 2.05) is 18.3 Å². The van der Waals surface area contributed by atoms with Crippen LogP contribution in [0.1, 0.15) is 17.3 Å². The molecule has 0 saturated heterocycles. The number of carbonyl (C=O) groups excluding carboxylic acids is 1. The Balaban J connectivity index is 2.07. The highest BCUT2D eigenvalue weighted by Gasteiger charge is 2.18. The van der Waals surface area contributed by atoms with Gasteiger partial charge in [0.25, 0.3) is 0 Å². The van der Waals surface area contributed by atoms with Gasteiger partial charge in [-0.25, -0.2) is 4.79 Å². The molecule has 19 heavy (non-hydrogen) atoms. The number of benzene rings is 1. The van der Waals surface area contributed by atoms with Crippen LogP contribution in [0.15, 0.2) is 34.9 Å². The molecule has 98 valence electrons. The normalized spacial score (nSPS) is 12.3. The number of hydrogen-bond donors (Lipinski definition) is 1. The Kier molecular flexibility index (Phi) is 3.06. The van der Waals surface area contributed by atoms with Gasteiger partial charge >= 0.3 is 5.97 Å². The van der Waals surface area contributed by atoms with Crippen molar-refractivity contribution in [3.63, 3.8) is 0 Å². The average Bonchev–Trinajstić information content (AvgIpc) is 2.79. The highest BCUT2D eigenvalue weighted by molar-refractivity contribution is 9.10. The molecule has 0 amide bonds. The third-order valence-electron chi connectivity index (χ3n) is 3.11. The van der Waals surface area contributed by atoms with Crippen molar-refractivity contribution in [1.29, 1.82) is 0 Å². The number of carbonyl (C=O) groups is 1. The number of ether oxygens (including phenoxy) is 1. The number of hydrogen-bond acceptors (Lipinski definition) is 3. The zero-order valence-electron chi connectivity index (χ0n) is 10.4. The summed E-state index contributed by atoms with van der Waals surface area (Å²) in [6.45, 7) is 2.92. The van der Waals surface area contributed by atoms with Crippen LogP contribution in [0.2, 0.25) is 0 Å². The standard InChI is InChI=1S/C14H13BrN2O2/c1-2-19-14(18)9-3-4-12-11(5-9)13-6-10(15)7-17(13)8-16-12/h3-7,16H,2,8H2,1H3. The van der Waals surface area contributed by atoms with E-state index in [1.165, 1.54) is 0 Å². The van der Waals surface area contributed by atoms with Crippen molar-refractivity contribution in [2.24, 2.45) is 0 Å². The largest absolute Gasteiger partial charge is 0.462 e. The number of anilines is 1. The highest BCUT2D eigenvalue weighted by atomic mass is 79.9. The first kappa shape index (κ1) is 12.3. The van der Waals surface area contributed by atoms with Crippen molar-refractivity contribution in [1.82, 2.24) is 4.57 Å². The first-order valence-electron chi connectivity index (χ1n) is 6.10. The fourth-order valence-corrected chi connectivity index (χ4v) is 2.72. The van der Waals surface area contributed by atoms with Crippen molar-refractivity contribution in [2.75, 3.05) is 11.9 Å². The Bertz CT molecular complexity index is 649. The SMILES string of the molecule is CCOC(=O)c1ccc2c(c1)-c1cc(Br)cn1CN2. The molecule has 0 fully saturated rings. The van der Waals surface area contributed by atoms with E-state index in [1.54, 1.807) is 13.0 Å². The van der Waals surface area contributed by atoms with E-state index in [0.29, 0.717) is 12.2 Å². The number of esters is 1. The van der Waals surface area contributed by atoms with Crippen LogP contribution in [0.4, 0.5) is 5.69 Å². The number of rotatable bonds is 2. The lowest BCUT2D eigenvalue weighted by Gasteiger charge is -2.21. The maximum Gasteiger partial charge on any atom is 0.338 e. The maximum atomic E-state index is 11.8. The minimum absolute atomic E-state index is 0.284. The Morgan fingerprint density at radius 3 is 3.11 bits per heavy atom. The number of fused-ring (bicyclic) bond motifs is 3. The summed E-state index contributed by atoms with van der Waals surface area (Å²) in [5.41, 5.74) is 3.72. The molecule has 1 aliphatic heterocycles. The summed E-state index contributed by atoms with van der Waals surface area (Å²) >= 11 is 3.48. The van der Waals surface area contributed by atoms with E-state index < -0.39 is 0 Å². The molecule has 0 unspecified atom stereocenters. The number of aromatic nitrogens is 1. The van der Waals surface area contributed by atoms with Crippen LogP contribution in [-0.2, 0) is 11.4 Å². The summed E-state index contributed by atoms with van der Waals surface area (Å²) in [7, 11) is 0. The quantitative estimate of drug-likeness (QED) is 0.861. The maximum absolute atomic E-state index is 11.8. The fourth-order valence-electron chi connectivity index (χ4n) is 2.25. The molecule has 2 heterocycles. The van der Waals surface area contributed by atoms with Gasteiger partial charge < -0.3 is 14.6 Å². The molecule has 2 aromatic rings. The molecule has 0 spiro atoms. The molecule has 1 aliphatic rings. The van der Waals surface area contributed by atoms with Gasteiger partial charge in [0.05, 0.1) is 24.5 Å². The zero-order chi connectivity index (χ0) is 13.4. The zero-order valence-corrected chi connectivity index (χ0v) is 12.0. The average molecular weight is 321 g/mol. The van der Waals surface area contributed by atoms with Gasteiger partial charge in [-0.3, -0.25) is 0 Å². The molecule has 0 bridgehead atoms. The second-order valence-electron chi connectivity index (χ2n) is 4.33. The monoisotopic (exact) mass is 320 g/mol. The molecule has 0 radical (unpaired) electrons. The highest BCUT2D eigenvalue weighted by Crippen LogP contribution is 2.35. The molecular weight excluding hydrogens is 308 g/mol. The van der Waals surface area contributed by atoms with Gasteiger partial charge in [-0.05, 0) is 47.1 Å². The molecule has 0 saturated carbocycles. The lowest BCUT2D eigenvalue weighted by molar-refractivity contribution is 0.0526. The Hall–Kier alpha value is -1.75. The van der Waals surface area contributed by atoms with Crippen LogP contribution in [0.3, 0.4) is 0 Å². The van der Waals surface area contributed by atoms with Crippen molar-refractivity contribution < 1.29 is 9.53 Å². The lowest BCUT2D eigenvalue weighted by Crippen LogP contribution is -2.15. The predicted octanol–water partition coefficient (Wildman–Crippen LogP) is 3.48. The van der Waals surface area contributed by atoms with Crippen LogP contribution in [-0.4, -0.2) is 17.1 Å². The Morgan fingerprint density at radius 1 is 1.47 bits per heavy atom. The van der Waals surface area contributed by atoms with E-state index in [2.05, 4.69) is 31.9 Å². The molecule has 3 rings (SSSR count). The van der Waals surface area contributed by atoms with Crippen LogP contribution in [0, 0.1) is 0 Å². The lowest BCUT2D eigenvalue weighted by atomic mass is 10.0. The van der Waals surface area contributed by atoms with E-state index in [9.17, 15) is 4.79 Å². The Morgan fingerprint density at radius 2 is 2.32 bits per heavy atom. The minimum Gasteiger partial charge on any atom is -0.462 e. The molecule has 0 aliphatic carbocycles. The molecule has 5 heteroatoms. The van der Waals surface area contributed by atoms with Crippen LogP contribution < -0.4 is 5.32 Å². The van der Waals surface area contributed by atoms with E-state index in [4.69, 9.17) is 4.74 Å². The van der Waals surface area contributed by atoms with Gasteiger partial charge in [0.2, 0.25) is 0 Å². The summed E-state index contributed by atoms with van der Waals surface area (Å²) in [4.78, 5) is 11.8. The predicted molar refractivity (Wildman–Crippen MR) is 77.1 cm³/mol.